The standard InChI is InChI=1S/C30H33NO2/c1-20-17-21(2)19-24(18-20)30(32)33-29-25-15-10-16-26(29)28(23-13-8-5-9-14-23)31(3)27(25)22-11-6-4-7-12-22/h4-9,11-14,17-19,25-29H,10,15-16H2,1-3H3/t25-,26+,27+,28-,29?. The molecule has 1 aliphatic carbocycles. The molecule has 2 bridgehead atoms. The molecule has 3 aromatic carbocycles. The average Bonchev–Trinajstić information content (AvgIpc) is 2.81. The fraction of sp³-hybridized carbons (Fsp3) is 0.367. The van der Waals surface area contributed by atoms with Crippen LogP contribution in [0, 0.1) is 25.7 Å². The summed E-state index contributed by atoms with van der Waals surface area (Å²) in [5, 5.41) is 0. The SMILES string of the molecule is Cc1cc(C)cc(C(=O)OC2[C@H]3CCC[C@@H]2[C@H](c2ccccc2)N(C)[C@@H]3c2ccccc2)c1. The van der Waals surface area contributed by atoms with E-state index in [-0.39, 0.29) is 36.0 Å². The van der Waals surface area contributed by atoms with E-state index in [9.17, 15) is 4.79 Å². The normalized spacial score (nSPS) is 27.2. The van der Waals surface area contributed by atoms with Gasteiger partial charge in [-0.3, -0.25) is 4.90 Å². The molecule has 0 spiro atoms. The maximum Gasteiger partial charge on any atom is 0.338 e. The summed E-state index contributed by atoms with van der Waals surface area (Å²) < 4.78 is 6.44. The Hall–Kier alpha value is -2.91. The van der Waals surface area contributed by atoms with Gasteiger partial charge in [-0.1, -0.05) is 84.3 Å². The van der Waals surface area contributed by atoms with Gasteiger partial charge in [-0.15, -0.1) is 0 Å². The molecule has 0 N–H and O–H groups in total. The highest BCUT2D eigenvalue weighted by atomic mass is 16.5. The molecule has 33 heavy (non-hydrogen) atoms. The summed E-state index contributed by atoms with van der Waals surface area (Å²) in [4.78, 5) is 15.9. The second-order valence-electron chi connectivity index (χ2n) is 9.88. The van der Waals surface area contributed by atoms with Gasteiger partial charge in [0.05, 0.1) is 5.56 Å². The van der Waals surface area contributed by atoms with Crippen molar-refractivity contribution in [2.24, 2.45) is 11.8 Å². The molecule has 170 valence electrons. The minimum absolute atomic E-state index is 0.0984. The van der Waals surface area contributed by atoms with Crippen LogP contribution < -0.4 is 0 Å². The summed E-state index contributed by atoms with van der Waals surface area (Å²) in [5.74, 6) is 0.379. The van der Waals surface area contributed by atoms with Crippen molar-refractivity contribution in [3.8, 4) is 0 Å². The van der Waals surface area contributed by atoms with Gasteiger partial charge in [0.25, 0.3) is 0 Å². The molecule has 3 nitrogen and oxygen atoms in total. The molecular formula is C30H33NO2. The van der Waals surface area contributed by atoms with Gasteiger partial charge in [-0.05, 0) is 57.0 Å². The van der Waals surface area contributed by atoms with Crippen LogP contribution in [0.25, 0.3) is 0 Å². The molecule has 0 radical (unpaired) electrons. The van der Waals surface area contributed by atoms with Crippen LogP contribution in [0.4, 0.5) is 0 Å². The Bertz CT molecular complexity index is 1030. The van der Waals surface area contributed by atoms with Crippen LogP contribution in [-0.2, 0) is 4.74 Å². The number of nitrogens with zero attached hydrogens (tertiary/aromatic N) is 1. The number of fused-ring (bicyclic) bond motifs is 2. The Morgan fingerprint density at radius 3 is 1.76 bits per heavy atom. The Balaban J connectivity index is 1.55. The lowest BCUT2D eigenvalue weighted by Crippen LogP contribution is -2.54. The lowest BCUT2D eigenvalue weighted by Gasteiger charge is -2.55. The van der Waals surface area contributed by atoms with Crippen molar-refractivity contribution in [2.45, 2.75) is 51.3 Å². The van der Waals surface area contributed by atoms with E-state index in [1.165, 1.54) is 17.5 Å². The number of hydrogen-bond donors (Lipinski definition) is 0. The third-order valence-corrected chi connectivity index (χ3v) is 7.59. The zero-order valence-corrected chi connectivity index (χ0v) is 19.8. The number of ether oxygens (including phenoxy) is 1. The number of carbonyl (C=O) groups is 1. The van der Waals surface area contributed by atoms with Crippen molar-refractivity contribution in [2.75, 3.05) is 7.05 Å². The molecule has 5 atom stereocenters. The number of benzene rings is 3. The molecule has 1 heterocycles. The van der Waals surface area contributed by atoms with Crippen molar-refractivity contribution >= 4 is 5.97 Å². The largest absolute Gasteiger partial charge is 0.458 e. The highest BCUT2D eigenvalue weighted by Gasteiger charge is 2.52. The number of piperidine rings is 1. The van der Waals surface area contributed by atoms with E-state index in [2.05, 4.69) is 78.7 Å². The monoisotopic (exact) mass is 439 g/mol. The van der Waals surface area contributed by atoms with E-state index in [1.807, 2.05) is 26.0 Å². The number of rotatable bonds is 4. The summed E-state index contributed by atoms with van der Waals surface area (Å²) in [6.45, 7) is 4.07. The lowest BCUT2D eigenvalue weighted by atomic mass is 9.65. The highest BCUT2D eigenvalue weighted by Crippen LogP contribution is 2.54. The maximum atomic E-state index is 13.4. The molecule has 1 unspecified atom stereocenters. The van der Waals surface area contributed by atoms with Crippen LogP contribution in [-0.4, -0.2) is 24.0 Å². The third-order valence-electron chi connectivity index (χ3n) is 7.59. The fourth-order valence-electron chi connectivity index (χ4n) is 6.41. The molecule has 3 aromatic rings. The van der Waals surface area contributed by atoms with E-state index in [0.717, 1.165) is 24.0 Å². The van der Waals surface area contributed by atoms with Crippen molar-refractivity contribution in [1.82, 2.24) is 4.90 Å². The van der Waals surface area contributed by atoms with Gasteiger partial charge in [0.2, 0.25) is 0 Å². The third kappa shape index (κ3) is 4.22. The minimum atomic E-state index is -0.188. The first-order valence-electron chi connectivity index (χ1n) is 12.1. The fourth-order valence-corrected chi connectivity index (χ4v) is 6.41. The molecule has 1 aliphatic heterocycles. The number of hydrogen-bond acceptors (Lipinski definition) is 3. The molecule has 0 amide bonds. The van der Waals surface area contributed by atoms with E-state index < -0.39 is 0 Å². The zero-order valence-electron chi connectivity index (χ0n) is 19.8. The van der Waals surface area contributed by atoms with E-state index >= 15 is 0 Å². The molecule has 1 saturated carbocycles. The number of carbonyl (C=O) groups excluding carboxylic acids is 1. The summed E-state index contributed by atoms with van der Waals surface area (Å²) >= 11 is 0. The number of aryl methyl sites for hydroxylation is 2. The summed E-state index contributed by atoms with van der Waals surface area (Å²) in [6, 6.07) is 27.9. The van der Waals surface area contributed by atoms with E-state index in [4.69, 9.17) is 4.74 Å². The second-order valence-corrected chi connectivity index (χ2v) is 9.88. The van der Waals surface area contributed by atoms with Crippen LogP contribution in [0.3, 0.4) is 0 Å². The van der Waals surface area contributed by atoms with Crippen molar-refractivity contribution < 1.29 is 9.53 Å². The van der Waals surface area contributed by atoms with Gasteiger partial charge in [-0.2, -0.15) is 0 Å². The van der Waals surface area contributed by atoms with Crippen molar-refractivity contribution in [3.63, 3.8) is 0 Å². The molecule has 5 rings (SSSR count). The van der Waals surface area contributed by atoms with Crippen LogP contribution >= 0.6 is 0 Å². The first-order chi connectivity index (χ1) is 16.0. The second kappa shape index (κ2) is 9.15. The van der Waals surface area contributed by atoms with Crippen LogP contribution in [0.2, 0.25) is 0 Å². The van der Waals surface area contributed by atoms with Crippen molar-refractivity contribution in [3.05, 3.63) is 107 Å². The maximum absolute atomic E-state index is 13.4. The molecule has 2 fully saturated rings. The average molecular weight is 440 g/mol. The van der Waals surface area contributed by atoms with E-state index in [0.29, 0.717) is 5.56 Å². The molecular weight excluding hydrogens is 406 g/mol. The first kappa shape index (κ1) is 21.9. The smallest absolute Gasteiger partial charge is 0.338 e. The Morgan fingerprint density at radius 1 is 0.788 bits per heavy atom. The Kier molecular flexibility index (Phi) is 6.07. The molecule has 2 aliphatic rings. The van der Waals surface area contributed by atoms with Gasteiger partial charge in [0, 0.05) is 23.9 Å². The minimum Gasteiger partial charge on any atom is -0.458 e. The predicted octanol–water partition coefficient (Wildman–Crippen LogP) is 6.67. The number of esters is 1. The Morgan fingerprint density at radius 2 is 1.27 bits per heavy atom. The van der Waals surface area contributed by atoms with Gasteiger partial charge in [0.1, 0.15) is 6.10 Å². The molecule has 0 aromatic heterocycles. The van der Waals surface area contributed by atoms with Crippen LogP contribution in [0.5, 0.6) is 0 Å². The summed E-state index contributed by atoms with van der Waals surface area (Å²) in [6.07, 6.45) is 3.23. The van der Waals surface area contributed by atoms with Gasteiger partial charge < -0.3 is 4.74 Å². The van der Waals surface area contributed by atoms with Crippen LogP contribution in [0.1, 0.15) is 64.0 Å². The van der Waals surface area contributed by atoms with Gasteiger partial charge in [-0.25, -0.2) is 4.79 Å². The van der Waals surface area contributed by atoms with Crippen molar-refractivity contribution in [1.29, 1.82) is 0 Å². The summed E-state index contributed by atoms with van der Waals surface area (Å²) in [7, 11) is 2.25. The summed E-state index contributed by atoms with van der Waals surface area (Å²) in [5.41, 5.74) is 5.46. The van der Waals surface area contributed by atoms with Gasteiger partial charge in [0.15, 0.2) is 0 Å². The zero-order chi connectivity index (χ0) is 22.9. The van der Waals surface area contributed by atoms with E-state index in [1.54, 1.807) is 0 Å². The topological polar surface area (TPSA) is 29.5 Å². The highest BCUT2D eigenvalue weighted by molar-refractivity contribution is 5.90. The number of likely N-dealkylation sites (tertiary alicyclic amines) is 1. The Labute approximate surface area is 197 Å². The van der Waals surface area contributed by atoms with Gasteiger partial charge >= 0.3 is 5.97 Å². The first-order valence-corrected chi connectivity index (χ1v) is 12.1. The molecule has 3 heteroatoms. The quantitative estimate of drug-likeness (QED) is 0.425. The molecule has 1 saturated heterocycles. The van der Waals surface area contributed by atoms with Crippen LogP contribution in [0.15, 0.2) is 78.9 Å². The lowest BCUT2D eigenvalue weighted by molar-refractivity contribution is -0.118. The predicted molar refractivity (Wildman–Crippen MR) is 132 cm³/mol.